The molecule has 0 radical (unpaired) electrons. The Morgan fingerprint density at radius 2 is 0.672 bits per heavy atom. The van der Waals surface area contributed by atoms with Gasteiger partial charge in [-0.2, -0.15) is 0 Å². The minimum Gasteiger partial charge on any atom is -0.455 e. The Hall–Kier alpha value is -7.68. The predicted octanol–water partition coefficient (Wildman–Crippen LogP) is 16.0. The van der Waals surface area contributed by atoms with Crippen molar-refractivity contribution in [1.82, 2.24) is 0 Å². The Labute approximate surface area is 337 Å². The van der Waals surface area contributed by atoms with E-state index in [1.54, 1.807) is 0 Å². The second-order valence-corrected chi connectivity index (χ2v) is 14.9. The molecule has 2 nitrogen and oxygen atoms in total. The van der Waals surface area contributed by atoms with Crippen LogP contribution in [0.25, 0.3) is 88.0 Å². The van der Waals surface area contributed by atoms with Crippen molar-refractivity contribution in [3.05, 3.63) is 224 Å². The molecular formula is C56H37NO. The quantitative estimate of drug-likeness (QED) is 0.162. The molecule has 0 bridgehead atoms. The number of fused-ring (bicyclic) bond motifs is 5. The van der Waals surface area contributed by atoms with Crippen LogP contribution in [0, 0.1) is 0 Å². The zero-order chi connectivity index (χ0) is 38.4. The van der Waals surface area contributed by atoms with Gasteiger partial charge in [0.15, 0.2) is 0 Å². The van der Waals surface area contributed by atoms with Crippen LogP contribution in [0.15, 0.2) is 229 Å². The van der Waals surface area contributed by atoms with Gasteiger partial charge in [0.1, 0.15) is 11.2 Å². The van der Waals surface area contributed by atoms with Gasteiger partial charge in [0.2, 0.25) is 0 Å². The third-order valence-corrected chi connectivity index (χ3v) is 11.5. The maximum atomic E-state index is 6.44. The maximum Gasteiger partial charge on any atom is 0.143 e. The van der Waals surface area contributed by atoms with Crippen LogP contribution < -0.4 is 4.90 Å². The highest BCUT2D eigenvalue weighted by Crippen LogP contribution is 2.44. The molecule has 0 N–H and O–H groups in total. The van der Waals surface area contributed by atoms with E-state index in [1.165, 1.54) is 43.8 Å². The Morgan fingerprint density at radius 3 is 1.29 bits per heavy atom. The van der Waals surface area contributed by atoms with Gasteiger partial charge in [-0.25, -0.2) is 0 Å². The first-order valence-electron chi connectivity index (χ1n) is 19.8. The van der Waals surface area contributed by atoms with Crippen molar-refractivity contribution >= 4 is 60.5 Å². The van der Waals surface area contributed by atoms with Gasteiger partial charge >= 0.3 is 0 Å². The van der Waals surface area contributed by atoms with Gasteiger partial charge in [0, 0.05) is 33.3 Å². The van der Waals surface area contributed by atoms with E-state index in [0.29, 0.717) is 0 Å². The van der Waals surface area contributed by atoms with Crippen LogP contribution in [-0.4, -0.2) is 0 Å². The summed E-state index contributed by atoms with van der Waals surface area (Å²) in [6, 6.07) is 80.7. The van der Waals surface area contributed by atoms with Crippen molar-refractivity contribution in [1.29, 1.82) is 0 Å². The molecule has 11 aromatic rings. The summed E-state index contributed by atoms with van der Waals surface area (Å²) in [7, 11) is 0. The Balaban J connectivity index is 1.02. The summed E-state index contributed by atoms with van der Waals surface area (Å²) in [5.74, 6) is 0. The van der Waals surface area contributed by atoms with Gasteiger partial charge in [-0.05, 0) is 91.3 Å². The molecule has 0 saturated heterocycles. The molecule has 1 heterocycles. The van der Waals surface area contributed by atoms with Crippen LogP contribution >= 0.6 is 0 Å². The van der Waals surface area contributed by atoms with Crippen molar-refractivity contribution in [2.24, 2.45) is 0 Å². The first kappa shape index (κ1) is 33.6. The van der Waals surface area contributed by atoms with Gasteiger partial charge in [0.25, 0.3) is 0 Å². The average molecular weight is 740 g/mol. The van der Waals surface area contributed by atoms with Crippen LogP contribution in [0.4, 0.5) is 17.1 Å². The number of benzene rings is 10. The van der Waals surface area contributed by atoms with E-state index in [1.807, 2.05) is 12.1 Å². The molecule has 0 amide bonds. The standard InChI is InChI=1S/C56H37NO/c1-3-16-46-38(12-1)14-9-20-48(46)40-26-28-42(29-27-40)50-18-5-7-24-54(50)57(44-34-30-41(31-35-44)49-21-10-15-39-13-2-4-17-47(39)49)45-36-32-43(33-37-45)51-22-11-23-53-52-19-6-8-25-55(52)58-56(51)53/h1-37H. The molecule has 58 heavy (non-hydrogen) atoms. The van der Waals surface area contributed by atoms with Crippen LogP contribution in [0.3, 0.4) is 0 Å². The monoisotopic (exact) mass is 739 g/mol. The predicted molar refractivity (Wildman–Crippen MR) is 245 cm³/mol. The summed E-state index contributed by atoms with van der Waals surface area (Å²) in [4.78, 5) is 2.38. The number of anilines is 3. The topological polar surface area (TPSA) is 16.4 Å². The SMILES string of the molecule is c1ccc(N(c2ccc(-c3cccc4ccccc34)cc2)c2ccc(-c3cccc4c3oc3ccccc34)cc2)c(-c2ccc(-c3cccc4ccccc34)cc2)c1. The zero-order valence-electron chi connectivity index (χ0n) is 31.7. The molecule has 0 aliphatic heterocycles. The van der Waals surface area contributed by atoms with E-state index in [9.17, 15) is 0 Å². The van der Waals surface area contributed by atoms with E-state index in [-0.39, 0.29) is 0 Å². The second kappa shape index (κ2) is 14.1. The molecule has 2 heteroatoms. The molecule has 1 aromatic heterocycles. The van der Waals surface area contributed by atoms with Gasteiger partial charge < -0.3 is 9.32 Å². The molecular weight excluding hydrogens is 703 g/mol. The first-order chi connectivity index (χ1) is 28.8. The number of nitrogens with zero attached hydrogens (tertiary/aromatic N) is 1. The van der Waals surface area contributed by atoms with Crippen molar-refractivity contribution in [2.75, 3.05) is 4.90 Å². The van der Waals surface area contributed by atoms with Gasteiger partial charge in [0.05, 0.1) is 5.69 Å². The third-order valence-electron chi connectivity index (χ3n) is 11.5. The van der Waals surface area contributed by atoms with Crippen molar-refractivity contribution in [3.8, 4) is 44.5 Å². The fraction of sp³-hybridized carbons (Fsp3) is 0. The minimum atomic E-state index is 0.904. The summed E-state index contributed by atoms with van der Waals surface area (Å²) in [6.45, 7) is 0. The molecule has 272 valence electrons. The van der Waals surface area contributed by atoms with Crippen molar-refractivity contribution < 1.29 is 4.42 Å². The number of furan rings is 1. The number of para-hydroxylation sites is 3. The lowest BCUT2D eigenvalue weighted by molar-refractivity contribution is 0.670. The van der Waals surface area contributed by atoms with E-state index >= 15 is 0 Å². The number of hydrogen-bond acceptors (Lipinski definition) is 2. The Bertz CT molecular complexity index is 3250. The van der Waals surface area contributed by atoms with E-state index in [2.05, 4.69) is 217 Å². The fourth-order valence-electron chi connectivity index (χ4n) is 8.68. The van der Waals surface area contributed by atoms with E-state index < -0.39 is 0 Å². The fourth-order valence-corrected chi connectivity index (χ4v) is 8.68. The van der Waals surface area contributed by atoms with Gasteiger partial charge in [-0.1, -0.05) is 188 Å². The molecule has 0 aliphatic carbocycles. The van der Waals surface area contributed by atoms with Crippen LogP contribution in [0.2, 0.25) is 0 Å². The molecule has 10 aromatic carbocycles. The number of hydrogen-bond donors (Lipinski definition) is 0. The Morgan fingerprint density at radius 1 is 0.276 bits per heavy atom. The lowest BCUT2D eigenvalue weighted by atomic mass is 9.95. The van der Waals surface area contributed by atoms with Crippen LogP contribution in [0.1, 0.15) is 0 Å². The smallest absolute Gasteiger partial charge is 0.143 e. The first-order valence-corrected chi connectivity index (χ1v) is 19.8. The molecule has 0 unspecified atom stereocenters. The summed E-state index contributed by atoms with van der Waals surface area (Å²) in [5, 5.41) is 7.26. The lowest BCUT2D eigenvalue weighted by Gasteiger charge is -2.28. The summed E-state index contributed by atoms with van der Waals surface area (Å²) >= 11 is 0. The summed E-state index contributed by atoms with van der Waals surface area (Å²) in [6.07, 6.45) is 0. The average Bonchev–Trinajstić information content (AvgIpc) is 3.69. The van der Waals surface area contributed by atoms with Crippen molar-refractivity contribution in [2.45, 2.75) is 0 Å². The molecule has 0 spiro atoms. The molecule has 11 rings (SSSR count). The summed E-state index contributed by atoms with van der Waals surface area (Å²) < 4.78 is 6.44. The molecule has 0 atom stereocenters. The minimum absolute atomic E-state index is 0.904. The summed E-state index contributed by atoms with van der Waals surface area (Å²) in [5.41, 5.74) is 14.4. The largest absolute Gasteiger partial charge is 0.455 e. The van der Waals surface area contributed by atoms with E-state index in [0.717, 1.165) is 61.3 Å². The van der Waals surface area contributed by atoms with Crippen LogP contribution in [-0.2, 0) is 0 Å². The van der Waals surface area contributed by atoms with E-state index in [4.69, 9.17) is 4.42 Å². The zero-order valence-corrected chi connectivity index (χ0v) is 31.7. The van der Waals surface area contributed by atoms with Gasteiger partial charge in [-0.15, -0.1) is 0 Å². The highest BCUT2D eigenvalue weighted by molar-refractivity contribution is 6.09. The Kier molecular flexibility index (Phi) is 8.19. The molecule has 0 fully saturated rings. The second-order valence-electron chi connectivity index (χ2n) is 14.9. The van der Waals surface area contributed by atoms with Crippen LogP contribution in [0.5, 0.6) is 0 Å². The maximum absolute atomic E-state index is 6.44. The highest BCUT2D eigenvalue weighted by atomic mass is 16.3. The molecule has 0 aliphatic rings. The van der Waals surface area contributed by atoms with Gasteiger partial charge in [-0.3, -0.25) is 0 Å². The highest BCUT2D eigenvalue weighted by Gasteiger charge is 2.19. The lowest BCUT2D eigenvalue weighted by Crippen LogP contribution is -2.11. The normalized spacial score (nSPS) is 11.4. The number of rotatable bonds is 7. The molecule has 0 saturated carbocycles. The third kappa shape index (κ3) is 5.82. The van der Waals surface area contributed by atoms with Crippen molar-refractivity contribution in [3.63, 3.8) is 0 Å².